The molecule has 1 aromatic rings. The summed E-state index contributed by atoms with van der Waals surface area (Å²) in [5.74, 6) is 0.798. The zero-order valence-electron chi connectivity index (χ0n) is 10.8. The quantitative estimate of drug-likeness (QED) is 0.907. The highest BCUT2D eigenvalue weighted by atomic mass is 19.4. The Kier molecular flexibility index (Phi) is 4.34. The van der Waals surface area contributed by atoms with Crippen molar-refractivity contribution >= 4 is 0 Å². The summed E-state index contributed by atoms with van der Waals surface area (Å²) in [5, 5.41) is 3.31. The molecule has 1 saturated heterocycles. The predicted octanol–water partition coefficient (Wildman–Crippen LogP) is 3.69. The van der Waals surface area contributed by atoms with Gasteiger partial charge >= 0.3 is 6.36 Å². The van der Waals surface area contributed by atoms with Gasteiger partial charge in [-0.15, -0.1) is 13.2 Å². The molecule has 5 heteroatoms. The molecule has 106 valence electrons. The van der Waals surface area contributed by atoms with Crippen molar-refractivity contribution < 1.29 is 17.9 Å². The molecule has 1 fully saturated rings. The van der Waals surface area contributed by atoms with Crippen molar-refractivity contribution in [3.63, 3.8) is 0 Å². The average Bonchev–Trinajstić information content (AvgIpc) is 2.38. The highest BCUT2D eigenvalue weighted by Gasteiger charge is 2.31. The highest BCUT2D eigenvalue weighted by Crippen LogP contribution is 2.32. The van der Waals surface area contributed by atoms with Crippen LogP contribution in [0, 0.1) is 5.92 Å². The second-order valence-corrected chi connectivity index (χ2v) is 4.99. The minimum Gasteiger partial charge on any atom is -0.406 e. The van der Waals surface area contributed by atoms with Crippen LogP contribution < -0.4 is 10.1 Å². The SMILES string of the molecule is CC(c1ccc(OC(F)(F)F)cc1)C1CCNCC1. The van der Waals surface area contributed by atoms with Crippen molar-refractivity contribution in [3.8, 4) is 5.75 Å². The number of hydrogen-bond acceptors (Lipinski definition) is 2. The van der Waals surface area contributed by atoms with Crippen LogP contribution in [0.2, 0.25) is 0 Å². The molecular formula is C14H18F3NO. The first kappa shape index (κ1) is 14.2. The fraction of sp³-hybridized carbons (Fsp3) is 0.571. The van der Waals surface area contributed by atoms with Crippen LogP contribution in [-0.2, 0) is 0 Å². The van der Waals surface area contributed by atoms with Gasteiger partial charge in [-0.25, -0.2) is 0 Å². The van der Waals surface area contributed by atoms with Gasteiger partial charge in [0.1, 0.15) is 5.75 Å². The maximum atomic E-state index is 12.1. The lowest BCUT2D eigenvalue weighted by molar-refractivity contribution is -0.274. The normalized spacial score (nSPS) is 19.2. The monoisotopic (exact) mass is 273 g/mol. The first-order valence-corrected chi connectivity index (χ1v) is 6.52. The Labute approximate surface area is 111 Å². The Balaban J connectivity index is 2.01. The summed E-state index contributed by atoms with van der Waals surface area (Å²) in [6, 6.07) is 6.24. The Morgan fingerprint density at radius 3 is 2.26 bits per heavy atom. The molecule has 1 unspecified atom stereocenters. The molecule has 1 heterocycles. The summed E-state index contributed by atoms with van der Waals surface area (Å²) >= 11 is 0. The zero-order chi connectivity index (χ0) is 13.9. The van der Waals surface area contributed by atoms with Crippen LogP contribution in [0.3, 0.4) is 0 Å². The van der Waals surface area contributed by atoms with E-state index in [0.717, 1.165) is 31.5 Å². The molecule has 19 heavy (non-hydrogen) atoms. The number of ether oxygens (including phenoxy) is 1. The molecular weight excluding hydrogens is 255 g/mol. The van der Waals surface area contributed by atoms with Crippen molar-refractivity contribution in [2.45, 2.75) is 32.0 Å². The van der Waals surface area contributed by atoms with Gasteiger partial charge in [-0.1, -0.05) is 19.1 Å². The second-order valence-electron chi connectivity index (χ2n) is 4.99. The third-order valence-corrected chi connectivity index (χ3v) is 3.73. The van der Waals surface area contributed by atoms with Crippen LogP contribution in [-0.4, -0.2) is 19.5 Å². The number of rotatable bonds is 3. The summed E-state index contributed by atoms with van der Waals surface area (Å²) in [6.45, 7) is 4.17. The molecule has 1 aliphatic rings. The summed E-state index contributed by atoms with van der Waals surface area (Å²) < 4.78 is 40.1. The standard InChI is InChI=1S/C14H18F3NO/c1-10(12-6-8-18-9-7-12)11-2-4-13(5-3-11)19-14(15,16)17/h2-5,10,12,18H,6-9H2,1H3. The molecule has 2 nitrogen and oxygen atoms in total. The van der Waals surface area contributed by atoms with Crippen LogP contribution in [0.15, 0.2) is 24.3 Å². The first-order chi connectivity index (χ1) is 8.96. The number of benzene rings is 1. The molecule has 1 aromatic carbocycles. The molecule has 0 aliphatic carbocycles. The van der Waals surface area contributed by atoms with E-state index in [9.17, 15) is 13.2 Å². The third-order valence-electron chi connectivity index (χ3n) is 3.73. The van der Waals surface area contributed by atoms with E-state index in [-0.39, 0.29) is 5.75 Å². The molecule has 1 atom stereocenters. The minimum atomic E-state index is -4.62. The first-order valence-electron chi connectivity index (χ1n) is 6.52. The molecule has 0 saturated carbocycles. The number of alkyl halides is 3. The van der Waals surface area contributed by atoms with E-state index >= 15 is 0 Å². The summed E-state index contributed by atoms with van der Waals surface area (Å²) in [5.41, 5.74) is 1.07. The lowest BCUT2D eigenvalue weighted by Gasteiger charge is -2.28. The van der Waals surface area contributed by atoms with Crippen LogP contribution in [0.1, 0.15) is 31.2 Å². The van der Waals surface area contributed by atoms with Crippen LogP contribution in [0.4, 0.5) is 13.2 Å². The van der Waals surface area contributed by atoms with Crippen molar-refractivity contribution in [2.75, 3.05) is 13.1 Å². The minimum absolute atomic E-state index is 0.159. The van der Waals surface area contributed by atoms with E-state index < -0.39 is 6.36 Å². The second kappa shape index (κ2) is 5.82. The molecule has 1 aliphatic heterocycles. The topological polar surface area (TPSA) is 21.3 Å². The van der Waals surface area contributed by atoms with Gasteiger partial charge in [-0.05, 0) is 55.5 Å². The molecule has 0 aromatic heterocycles. The van der Waals surface area contributed by atoms with Gasteiger partial charge in [-0.3, -0.25) is 0 Å². The van der Waals surface area contributed by atoms with E-state index in [0.29, 0.717) is 11.8 Å². The van der Waals surface area contributed by atoms with Gasteiger partial charge in [0.25, 0.3) is 0 Å². The van der Waals surface area contributed by atoms with Crippen LogP contribution in [0.25, 0.3) is 0 Å². The Bertz CT molecular complexity index is 396. The van der Waals surface area contributed by atoms with Crippen molar-refractivity contribution in [3.05, 3.63) is 29.8 Å². The predicted molar refractivity (Wildman–Crippen MR) is 67.1 cm³/mol. The van der Waals surface area contributed by atoms with Gasteiger partial charge in [0.05, 0.1) is 0 Å². The lowest BCUT2D eigenvalue weighted by Crippen LogP contribution is -2.30. The average molecular weight is 273 g/mol. The van der Waals surface area contributed by atoms with Gasteiger partial charge in [0, 0.05) is 0 Å². The molecule has 0 bridgehead atoms. The Morgan fingerprint density at radius 2 is 1.74 bits per heavy atom. The number of piperidine rings is 1. The number of halogens is 3. The van der Waals surface area contributed by atoms with Crippen molar-refractivity contribution in [2.24, 2.45) is 5.92 Å². The number of hydrogen-bond donors (Lipinski definition) is 1. The summed E-state index contributed by atoms with van der Waals surface area (Å²) in [6.07, 6.45) is -2.40. The Hall–Kier alpha value is -1.23. The van der Waals surface area contributed by atoms with Gasteiger partial charge < -0.3 is 10.1 Å². The van der Waals surface area contributed by atoms with Crippen molar-refractivity contribution in [1.82, 2.24) is 5.32 Å². The van der Waals surface area contributed by atoms with Crippen LogP contribution in [0.5, 0.6) is 5.75 Å². The largest absolute Gasteiger partial charge is 0.573 e. The fourth-order valence-electron chi connectivity index (χ4n) is 2.59. The Morgan fingerprint density at radius 1 is 1.16 bits per heavy atom. The number of nitrogens with one attached hydrogen (secondary N) is 1. The fourth-order valence-corrected chi connectivity index (χ4v) is 2.59. The molecule has 0 radical (unpaired) electrons. The summed E-state index contributed by atoms with van der Waals surface area (Å²) in [4.78, 5) is 0. The van der Waals surface area contributed by atoms with Gasteiger partial charge in [-0.2, -0.15) is 0 Å². The molecule has 2 rings (SSSR count). The van der Waals surface area contributed by atoms with E-state index in [2.05, 4.69) is 17.0 Å². The highest BCUT2D eigenvalue weighted by molar-refractivity contribution is 5.29. The third kappa shape index (κ3) is 4.13. The molecule has 0 amide bonds. The lowest BCUT2D eigenvalue weighted by atomic mass is 9.82. The molecule has 0 spiro atoms. The van der Waals surface area contributed by atoms with E-state index in [1.54, 1.807) is 12.1 Å². The summed E-state index contributed by atoms with van der Waals surface area (Å²) in [7, 11) is 0. The van der Waals surface area contributed by atoms with Gasteiger partial charge in [0.2, 0.25) is 0 Å². The smallest absolute Gasteiger partial charge is 0.406 e. The van der Waals surface area contributed by atoms with Crippen molar-refractivity contribution in [1.29, 1.82) is 0 Å². The van der Waals surface area contributed by atoms with E-state index in [4.69, 9.17) is 0 Å². The van der Waals surface area contributed by atoms with E-state index in [1.807, 2.05) is 0 Å². The molecule has 1 N–H and O–H groups in total. The zero-order valence-corrected chi connectivity index (χ0v) is 10.8. The van der Waals surface area contributed by atoms with Crippen LogP contribution >= 0.6 is 0 Å². The maximum absolute atomic E-state index is 12.1. The maximum Gasteiger partial charge on any atom is 0.573 e. The van der Waals surface area contributed by atoms with Gasteiger partial charge in [0.15, 0.2) is 0 Å². The van der Waals surface area contributed by atoms with E-state index in [1.165, 1.54) is 12.1 Å².